The summed E-state index contributed by atoms with van der Waals surface area (Å²) in [5.74, 6) is -1.65. The van der Waals surface area contributed by atoms with E-state index in [0.717, 1.165) is 5.56 Å². The fraction of sp³-hybridized carbons (Fsp3) is 0.296. The molecule has 1 saturated heterocycles. The highest BCUT2D eigenvalue weighted by Crippen LogP contribution is 2.44. The molecule has 39 heavy (non-hydrogen) atoms. The van der Waals surface area contributed by atoms with Crippen LogP contribution in [0, 0.1) is 6.92 Å². The van der Waals surface area contributed by atoms with Crippen LogP contribution in [0.2, 0.25) is 0 Å². The lowest BCUT2D eigenvalue weighted by Gasteiger charge is -2.39. The molecule has 4 aromatic rings. The summed E-state index contributed by atoms with van der Waals surface area (Å²) < 4.78 is 43.5. The third kappa shape index (κ3) is 4.51. The molecule has 0 spiro atoms. The summed E-state index contributed by atoms with van der Waals surface area (Å²) in [6, 6.07) is 12.3. The fourth-order valence-corrected chi connectivity index (χ4v) is 5.10. The van der Waals surface area contributed by atoms with Gasteiger partial charge in [0.2, 0.25) is 0 Å². The maximum Gasteiger partial charge on any atom is 0.296 e. The van der Waals surface area contributed by atoms with E-state index in [0.29, 0.717) is 46.2 Å². The number of piperidine rings is 1. The maximum absolute atomic E-state index is 14.9. The second-order valence-corrected chi connectivity index (χ2v) is 10.0. The number of fused-ring (bicyclic) bond motifs is 2. The van der Waals surface area contributed by atoms with E-state index in [1.165, 1.54) is 18.7 Å². The Morgan fingerprint density at radius 1 is 1.13 bits per heavy atom. The monoisotopic (exact) mass is 534 g/mol. The number of nitrogen functional groups attached to an aromatic ring is 1. The Labute approximate surface area is 223 Å². The lowest BCUT2D eigenvalue weighted by molar-refractivity contribution is -0.135. The summed E-state index contributed by atoms with van der Waals surface area (Å²) in [7, 11) is 1.67. The van der Waals surface area contributed by atoms with Crippen LogP contribution >= 0.6 is 0 Å². The highest BCUT2D eigenvalue weighted by Gasteiger charge is 2.47. The lowest BCUT2D eigenvalue weighted by Crippen LogP contribution is -2.54. The van der Waals surface area contributed by atoms with Gasteiger partial charge in [-0.2, -0.15) is 5.10 Å². The van der Waals surface area contributed by atoms with Crippen molar-refractivity contribution in [1.29, 1.82) is 0 Å². The maximum atomic E-state index is 14.9. The number of benzene rings is 2. The Bertz CT molecular complexity index is 1590. The van der Waals surface area contributed by atoms with Crippen LogP contribution in [0.25, 0.3) is 5.65 Å². The van der Waals surface area contributed by atoms with Gasteiger partial charge in [-0.25, -0.2) is 23.3 Å². The zero-order valence-electron chi connectivity index (χ0n) is 21.4. The Kier molecular flexibility index (Phi) is 5.88. The molecule has 1 fully saturated rings. The number of likely N-dealkylation sites (tertiary alicyclic amines) is 1. The normalized spacial score (nSPS) is 22.3. The lowest BCUT2D eigenvalue weighted by atomic mass is 9.87. The van der Waals surface area contributed by atoms with Gasteiger partial charge >= 0.3 is 0 Å². The van der Waals surface area contributed by atoms with E-state index < -0.39 is 24.2 Å². The number of ether oxygens (including phenoxy) is 2. The molecule has 2 atom stereocenters. The van der Waals surface area contributed by atoms with Crippen molar-refractivity contribution >= 4 is 23.4 Å². The van der Waals surface area contributed by atoms with E-state index >= 15 is 0 Å². The summed E-state index contributed by atoms with van der Waals surface area (Å²) >= 11 is 0. The van der Waals surface area contributed by atoms with Gasteiger partial charge in [-0.05, 0) is 49.4 Å². The summed E-state index contributed by atoms with van der Waals surface area (Å²) in [5.41, 5.74) is 15.1. The van der Waals surface area contributed by atoms with Crippen molar-refractivity contribution in [3.8, 4) is 17.2 Å². The van der Waals surface area contributed by atoms with Gasteiger partial charge in [-0.3, -0.25) is 0 Å². The molecule has 2 aliphatic rings. The van der Waals surface area contributed by atoms with Crippen molar-refractivity contribution in [1.82, 2.24) is 24.8 Å². The predicted molar refractivity (Wildman–Crippen MR) is 143 cm³/mol. The number of halogens is 2. The van der Waals surface area contributed by atoms with Crippen LogP contribution in [0.5, 0.6) is 17.2 Å². The first kappa shape index (κ1) is 25.0. The minimum absolute atomic E-state index is 0.160. The number of aromatic nitrogens is 3. The topological polar surface area (TPSA) is 128 Å². The summed E-state index contributed by atoms with van der Waals surface area (Å²) in [4.78, 5) is 10.2. The van der Waals surface area contributed by atoms with Crippen LogP contribution in [-0.4, -0.2) is 58.0 Å². The molecule has 202 valence electrons. The van der Waals surface area contributed by atoms with Gasteiger partial charge in [-0.15, -0.1) is 0 Å². The number of nitrogens with one attached hydrogen (secondary N) is 1. The first-order valence-electron chi connectivity index (χ1n) is 12.5. The van der Waals surface area contributed by atoms with Crippen LogP contribution in [0.3, 0.4) is 0 Å². The SMILES string of the molecule is Cc1cc(C2(N)NC=Nc3cc(N)cc(OC4CCN(C)CC4(F)F)c32)ccc1Oc1ccn2ncnc2c1. The zero-order valence-corrected chi connectivity index (χ0v) is 21.4. The number of aryl methyl sites for hydroxylation is 1. The number of alkyl halides is 2. The summed E-state index contributed by atoms with van der Waals surface area (Å²) in [6.45, 7) is 1.99. The van der Waals surface area contributed by atoms with Crippen molar-refractivity contribution in [2.24, 2.45) is 10.7 Å². The molecule has 2 unspecified atom stereocenters. The smallest absolute Gasteiger partial charge is 0.296 e. The molecule has 0 radical (unpaired) electrons. The second kappa shape index (κ2) is 9.17. The minimum atomic E-state index is -3.04. The molecule has 10 nitrogen and oxygen atoms in total. The summed E-state index contributed by atoms with van der Waals surface area (Å²) in [5, 5.41) is 7.21. The average Bonchev–Trinajstić information content (AvgIpc) is 3.34. The molecule has 5 N–H and O–H groups in total. The van der Waals surface area contributed by atoms with Gasteiger partial charge in [0.15, 0.2) is 11.8 Å². The quantitative estimate of drug-likeness (QED) is 0.332. The Balaban J connectivity index is 1.35. The molecule has 0 saturated carbocycles. The number of pyridine rings is 1. The van der Waals surface area contributed by atoms with Gasteiger partial charge in [-0.1, -0.05) is 6.07 Å². The average molecular weight is 535 g/mol. The van der Waals surface area contributed by atoms with Crippen LogP contribution in [0.1, 0.15) is 23.1 Å². The molecule has 4 heterocycles. The number of nitrogens with zero attached hydrogens (tertiary/aromatic N) is 5. The van der Waals surface area contributed by atoms with Crippen LogP contribution in [-0.2, 0) is 5.66 Å². The number of hydrogen-bond acceptors (Lipinski definition) is 9. The van der Waals surface area contributed by atoms with E-state index in [-0.39, 0.29) is 12.2 Å². The van der Waals surface area contributed by atoms with Gasteiger partial charge < -0.3 is 31.2 Å². The van der Waals surface area contributed by atoms with Gasteiger partial charge in [0, 0.05) is 37.0 Å². The van der Waals surface area contributed by atoms with E-state index in [1.54, 1.807) is 40.9 Å². The van der Waals surface area contributed by atoms with Gasteiger partial charge in [0.1, 0.15) is 29.2 Å². The summed E-state index contributed by atoms with van der Waals surface area (Å²) in [6.07, 6.45) is 3.54. The van der Waals surface area contributed by atoms with Gasteiger partial charge in [0.25, 0.3) is 5.92 Å². The number of aliphatic imine (C=N–C) groups is 1. The third-order valence-electron chi connectivity index (χ3n) is 7.10. The van der Waals surface area contributed by atoms with Crippen molar-refractivity contribution in [2.45, 2.75) is 31.0 Å². The standard InChI is InChI=1S/C27H28F2N8O2/c1-16-9-17(3-4-21(16)38-19-5-8-37-24(12-19)33-15-35-37)27(31)25-20(32-14-34-27)10-18(30)11-22(25)39-23-6-7-36(2)13-26(23,28)29/h3-5,8-12,14-15,23H,6-7,13,30-31H2,1-2H3,(H,32,34). The molecule has 12 heteroatoms. The molecular weight excluding hydrogens is 506 g/mol. The number of anilines is 1. The second-order valence-electron chi connectivity index (χ2n) is 10.0. The minimum Gasteiger partial charge on any atom is -0.483 e. The van der Waals surface area contributed by atoms with E-state index in [4.69, 9.17) is 20.9 Å². The van der Waals surface area contributed by atoms with Crippen molar-refractivity contribution in [3.63, 3.8) is 0 Å². The molecule has 2 aromatic carbocycles. The molecule has 0 bridgehead atoms. The van der Waals surface area contributed by atoms with Crippen molar-refractivity contribution in [2.75, 3.05) is 25.9 Å². The highest BCUT2D eigenvalue weighted by atomic mass is 19.3. The van der Waals surface area contributed by atoms with E-state index in [9.17, 15) is 8.78 Å². The zero-order chi connectivity index (χ0) is 27.4. The van der Waals surface area contributed by atoms with Crippen LogP contribution in [0.15, 0.2) is 60.0 Å². The Hall–Kier alpha value is -4.29. The number of hydrogen-bond donors (Lipinski definition) is 3. The van der Waals surface area contributed by atoms with Crippen LogP contribution < -0.4 is 26.3 Å². The Morgan fingerprint density at radius 3 is 2.77 bits per heavy atom. The number of rotatable bonds is 5. The predicted octanol–water partition coefficient (Wildman–Crippen LogP) is 3.55. The largest absolute Gasteiger partial charge is 0.483 e. The first-order chi connectivity index (χ1) is 18.6. The van der Waals surface area contributed by atoms with E-state index in [2.05, 4.69) is 20.4 Å². The van der Waals surface area contributed by atoms with Crippen LogP contribution in [0.4, 0.5) is 20.2 Å². The Morgan fingerprint density at radius 2 is 1.97 bits per heavy atom. The fourth-order valence-electron chi connectivity index (χ4n) is 5.10. The van der Waals surface area contributed by atoms with Crippen molar-refractivity contribution < 1.29 is 18.3 Å². The van der Waals surface area contributed by atoms with Gasteiger partial charge in [0.05, 0.1) is 24.1 Å². The van der Waals surface area contributed by atoms with Crippen molar-refractivity contribution in [3.05, 3.63) is 71.7 Å². The first-order valence-corrected chi connectivity index (χ1v) is 12.5. The molecular formula is C27H28F2N8O2. The molecule has 2 aromatic heterocycles. The molecule has 0 amide bonds. The molecule has 0 aliphatic carbocycles. The molecule has 2 aliphatic heterocycles. The number of nitrogens with two attached hydrogens (primary N) is 2. The highest BCUT2D eigenvalue weighted by molar-refractivity contribution is 5.77. The molecule has 6 rings (SSSR count). The van der Waals surface area contributed by atoms with E-state index in [1.807, 2.05) is 25.1 Å². The third-order valence-corrected chi connectivity index (χ3v) is 7.10.